The molecule has 0 aliphatic heterocycles. The number of nitrogens with zero attached hydrogens (tertiary/aromatic N) is 2. The Morgan fingerprint density at radius 3 is 2.37 bits per heavy atom. The molecule has 1 amide bonds. The highest BCUT2D eigenvalue weighted by Gasteiger charge is 2.18. The zero-order valence-electron chi connectivity index (χ0n) is 16.9. The average molecular weight is 391 g/mol. The van der Waals surface area contributed by atoms with Crippen molar-refractivity contribution in [2.75, 3.05) is 13.7 Å². The molecule has 0 saturated heterocycles. The van der Waals surface area contributed by atoms with Gasteiger partial charge in [0.2, 0.25) is 5.91 Å². The summed E-state index contributed by atoms with van der Waals surface area (Å²) in [7, 11) is 1.64. The second-order valence-corrected chi connectivity index (χ2v) is 8.41. The van der Waals surface area contributed by atoms with Gasteiger partial charge in [0, 0.05) is 18.3 Å². The lowest BCUT2D eigenvalue weighted by Gasteiger charge is -2.24. The van der Waals surface area contributed by atoms with E-state index >= 15 is 0 Å². The summed E-state index contributed by atoms with van der Waals surface area (Å²) >= 11 is 1.56. The molecule has 1 heterocycles. The summed E-state index contributed by atoms with van der Waals surface area (Å²) in [6, 6.07) is 7.49. The van der Waals surface area contributed by atoms with Crippen LogP contribution in [0.4, 0.5) is 0 Å². The number of benzene rings is 1. The molecular formula is C21H30N2O3S. The van der Waals surface area contributed by atoms with Gasteiger partial charge in [0.25, 0.3) is 0 Å². The van der Waals surface area contributed by atoms with Gasteiger partial charge in [-0.25, -0.2) is 4.98 Å². The van der Waals surface area contributed by atoms with Gasteiger partial charge >= 0.3 is 0 Å². The van der Waals surface area contributed by atoms with E-state index in [1.807, 2.05) is 34.5 Å². The molecule has 5 nitrogen and oxygen atoms in total. The van der Waals surface area contributed by atoms with Gasteiger partial charge < -0.3 is 14.4 Å². The zero-order chi connectivity index (χ0) is 19.8. The van der Waals surface area contributed by atoms with Crippen LogP contribution in [0, 0.1) is 11.8 Å². The number of amides is 1. The van der Waals surface area contributed by atoms with E-state index in [9.17, 15) is 4.79 Å². The second-order valence-electron chi connectivity index (χ2n) is 7.46. The zero-order valence-corrected chi connectivity index (χ0v) is 17.7. The molecule has 0 aliphatic rings. The third-order valence-corrected chi connectivity index (χ3v) is 4.77. The van der Waals surface area contributed by atoms with Crippen LogP contribution in [0.25, 0.3) is 0 Å². The Kier molecular flexibility index (Phi) is 8.10. The molecule has 0 bridgehead atoms. The monoisotopic (exact) mass is 390 g/mol. The van der Waals surface area contributed by atoms with Crippen LogP contribution in [-0.2, 0) is 17.9 Å². The summed E-state index contributed by atoms with van der Waals surface area (Å²) in [5.41, 5.74) is 0.922. The van der Waals surface area contributed by atoms with Gasteiger partial charge in [-0.15, -0.1) is 11.3 Å². The van der Waals surface area contributed by atoms with Crippen molar-refractivity contribution in [3.05, 3.63) is 40.3 Å². The summed E-state index contributed by atoms with van der Waals surface area (Å²) in [5.74, 6) is 2.56. The Hall–Kier alpha value is -2.08. The Morgan fingerprint density at radius 2 is 1.78 bits per heavy atom. The first-order valence-electron chi connectivity index (χ1n) is 9.35. The summed E-state index contributed by atoms with van der Waals surface area (Å²) < 4.78 is 10.9. The van der Waals surface area contributed by atoms with Crippen LogP contribution in [0.1, 0.15) is 44.8 Å². The third-order valence-electron chi connectivity index (χ3n) is 3.90. The minimum atomic E-state index is 0.197. The van der Waals surface area contributed by atoms with Crippen LogP contribution in [0.2, 0.25) is 0 Å². The number of hydrogen-bond acceptors (Lipinski definition) is 5. The van der Waals surface area contributed by atoms with Crippen molar-refractivity contribution in [3.63, 3.8) is 0 Å². The van der Waals surface area contributed by atoms with Crippen molar-refractivity contribution >= 4 is 17.2 Å². The molecule has 2 rings (SSSR count). The molecule has 0 radical (unpaired) electrons. The molecule has 27 heavy (non-hydrogen) atoms. The minimum absolute atomic E-state index is 0.197. The van der Waals surface area contributed by atoms with Gasteiger partial charge in [0.05, 0.1) is 19.3 Å². The van der Waals surface area contributed by atoms with Crippen LogP contribution < -0.4 is 9.47 Å². The number of carbonyl (C=O) groups is 1. The number of rotatable bonds is 10. The van der Waals surface area contributed by atoms with E-state index in [2.05, 4.69) is 32.7 Å². The average Bonchev–Trinajstić information content (AvgIpc) is 3.06. The van der Waals surface area contributed by atoms with Crippen molar-refractivity contribution in [3.8, 4) is 11.5 Å². The van der Waals surface area contributed by atoms with Gasteiger partial charge in [-0.3, -0.25) is 4.79 Å². The molecule has 0 fully saturated rings. The number of methoxy groups -OCH3 is 1. The third kappa shape index (κ3) is 7.21. The molecule has 6 heteroatoms. The molecule has 0 N–H and O–H groups in total. The van der Waals surface area contributed by atoms with Crippen molar-refractivity contribution < 1.29 is 14.3 Å². The van der Waals surface area contributed by atoms with E-state index in [1.165, 1.54) is 0 Å². The van der Waals surface area contributed by atoms with Crippen molar-refractivity contribution in [2.24, 2.45) is 11.8 Å². The Balaban J connectivity index is 1.94. The lowest BCUT2D eigenvalue weighted by atomic mass is 10.1. The van der Waals surface area contributed by atoms with E-state index in [0.717, 1.165) is 28.7 Å². The highest BCUT2D eigenvalue weighted by Crippen LogP contribution is 2.20. The van der Waals surface area contributed by atoms with Crippen LogP contribution in [0.3, 0.4) is 0 Å². The van der Waals surface area contributed by atoms with E-state index < -0.39 is 0 Å². The first-order valence-corrected chi connectivity index (χ1v) is 10.2. The maximum absolute atomic E-state index is 12.5. The fraction of sp³-hybridized carbons (Fsp3) is 0.524. The molecule has 2 aromatic rings. The molecule has 0 aliphatic carbocycles. The first kappa shape index (κ1) is 21.2. The summed E-state index contributed by atoms with van der Waals surface area (Å²) in [5, 5.41) is 2.92. The second kappa shape index (κ2) is 10.3. The molecule has 0 saturated carbocycles. The maximum atomic E-state index is 12.5. The van der Waals surface area contributed by atoms with E-state index in [-0.39, 0.29) is 5.91 Å². The SMILES string of the molecule is COc1ccc(OCc2nc(CN(CC(C)C)C(=O)CC(C)C)cs2)cc1. The predicted octanol–water partition coefficient (Wildman–Crippen LogP) is 4.76. The highest BCUT2D eigenvalue weighted by molar-refractivity contribution is 7.09. The number of hydrogen-bond donors (Lipinski definition) is 0. The summed E-state index contributed by atoms with van der Waals surface area (Å²) in [4.78, 5) is 19.1. The van der Waals surface area contributed by atoms with Gasteiger partial charge in [0.15, 0.2) is 0 Å². The fourth-order valence-corrected chi connectivity index (χ4v) is 3.37. The van der Waals surface area contributed by atoms with Crippen LogP contribution in [0.5, 0.6) is 11.5 Å². The predicted molar refractivity (Wildman–Crippen MR) is 109 cm³/mol. The Labute approximate surface area is 166 Å². The maximum Gasteiger partial charge on any atom is 0.223 e. The van der Waals surface area contributed by atoms with Crippen molar-refractivity contribution in [2.45, 2.75) is 47.3 Å². The number of thiazole rings is 1. The molecule has 0 spiro atoms. The van der Waals surface area contributed by atoms with Gasteiger partial charge in [-0.2, -0.15) is 0 Å². The molecule has 0 unspecified atom stereocenters. The topological polar surface area (TPSA) is 51.7 Å². The first-order chi connectivity index (χ1) is 12.9. The molecule has 1 aromatic heterocycles. The Bertz CT molecular complexity index is 710. The van der Waals surface area contributed by atoms with Crippen LogP contribution in [-0.4, -0.2) is 29.4 Å². The van der Waals surface area contributed by atoms with Crippen LogP contribution in [0.15, 0.2) is 29.6 Å². The van der Waals surface area contributed by atoms with Gasteiger partial charge in [0.1, 0.15) is 23.1 Å². The fourth-order valence-electron chi connectivity index (χ4n) is 2.67. The highest BCUT2D eigenvalue weighted by atomic mass is 32.1. The lowest BCUT2D eigenvalue weighted by Crippen LogP contribution is -2.34. The number of aromatic nitrogens is 1. The molecule has 1 aromatic carbocycles. The smallest absolute Gasteiger partial charge is 0.223 e. The normalized spacial score (nSPS) is 11.1. The minimum Gasteiger partial charge on any atom is -0.497 e. The van der Waals surface area contributed by atoms with Crippen molar-refractivity contribution in [1.82, 2.24) is 9.88 Å². The van der Waals surface area contributed by atoms with Crippen molar-refractivity contribution in [1.29, 1.82) is 0 Å². The van der Waals surface area contributed by atoms with E-state index in [0.29, 0.717) is 31.4 Å². The van der Waals surface area contributed by atoms with Gasteiger partial charge in [-0.1, -0.05) is 27.7 Å². The van der Waals surface area contributed by atoms with Gasteiger partial charge in [-0.05, 0) is 36.1 Å². The Morgan fingerprint density at radius 1 is 1.11 bits per heavy atom. The number of ether oxygens (including phenoxy) is 2. The summed E-state index contributed by atoms with van der Waals surface area (Å²) in [6.07, 6.45) is 0.574. The quantitative estimate of drug-likeness (QED) is 0.587. The standard InChI is InChI=1S/C21H30N2O3S/c1-15(2)10-21(24)23(11-16(3)4)12-17-14-27-20(22-17)13-26-19-8-6-18(25-5)7-9-19/h6-9,14-16H,10-13H2,1-5H3. The summed E-state index contributed by atoms with van der Waals surface area (Å²) in [6.45, 7) is 10.1. The molecular weight excluding hydrogens is 360 g/mol. The van der Waals surface area contributed by atoms with E-state index in [1.54, 1.807) is 18.4 Å². The molecule has 0 atom stereocenters. The van der Waals surface area contributed by atoms with Crippen LogP contribution >= 0.6 is 11.3 Å². The largest absolute Gasteiger partial charge is 0.497 e. The number of carbonyl (C=O) groups excluding carboxylic acids is 1. The van der Waals surface area contributed by atoms with E-state index in [4.69, 9.17) is 9.47 Å². The molecule has 148 valence electrons. The lowest BCUT2D eigenvalue weighted by molar-refractivity contribution is -0.133.